The zero-order chi connectivity index (χ0) is 16.2. The second-order valence-corrected chi connectivity index (χ2v) is 6.83. The molecule has 0 aliphatic carbocycles. The van der Waals surface area contributed by atoms with Crippen molar-refractivity contribution in [2.24, 2.45) is 0 Å². The average molecular weight is 323 g/mol. The zero-order valence-electron chi connectivity index (χ0n) is 12.8. The van der Waals surface area contributed by atoms with Crippen LogP contribution in [-0.2, 0) is 9.59 Å². The Bertz CT molecular complexity index is 567. The van der Waals surface area contributed by atoms with E-state index in [1.165, 1.54) is 0 Å². The van der Waals surface area contributed by atoms with Gasteiger partial charge >= 0.3 is 5.97 Å². The summed E-state index contributed by atoms with van der Waals surface area (Å²) in [5.41, 5.74) is 0.848. The Morgan fingerprint density at radius 1 is 1.32 bits per heavy atom. The lowest BCUT2D eigenvalue weighted by atomic mass is 9.92. The normalized spacial score (nSPS) is 16.8. The number of hydrogen-bond donors (Lipinski definition) is 2. The van der Waals surface area contributed by atoms with Crippen LogP contribution in [0.15, 0.2) is 18.2 Å². The summed E-state index contributed by atoms with van der Waals surface area (Å²) in [5.74, 6) is 0.774. The molecular weight excluding hydrogens is 302 g/mol. The van der Waals surface area contributed by atoms with Gasteiger partial charge in [0, 0.05) is 0 Å². The predicted octanol–water partition coefficient (Wildman–Crippen LogP) is 2.15. The van der Waals surface area contributed by atoms with Crippen LogP contribution >= 0.6 is 11.8 Å². The zero-order valence-corrected chi connectivity index (χ0v) is 13.7. The van der Waals surface area contributed by atoms with E-state index < -0.39 is 17.4 Å². The molecule has 1 aliphatic heterocycles. The summed E-state index contributed by atoms with van der Waals surface area (Å²) in [5, 5.41) is 12.1. The second-order valence-electron chi connectivity index (χ2n) is 5.61. The first-order valence-corrected chi connectivity index (χ1v) is 8.41. The number of carboxylic acid groups (broad SMARTS) is 1. The van der Waals surface area contributed by atoms with Crippen molar-refractivity contribution in [1.82, 2.24) is 5.32 Å². The van der Waals surface area contributed by atoms with Gasteiger partial charge in [-0.3, -0.25) is 4.79 Å². The number of carbonyl (C=O) groups is 2. The Kier molecular flexibility index (Phi) is 5.34. The monoisotopic (exact) mass is 323 g/mol. The van der Waals surface area contributed by atoms with E-state index in [4.69, 9.17) is 4.74 Å². The van der Waals surface area contributed by atoms with E-state index in [0.29, 0.717) is 18.6 Å². The third-order valence-electron chi connectivity index (χ3n) is 3.84. The lowest BCUT2D eigenvalue weighted by Crippen LogP contribution is -2.57. The van der Waals surface area contributed by atoms with Gasteiger partial charge in [-0.15, -0.1) is 0 Å². The Balaban J connectivity index is 1.97. The molecule has 0 atom stereocenters. The van der Waals surface area contributed by atoms with Gasteiger partial charge in [-0.25, -0.2) is 4.79 Å². The van der Waals surface area contributed by atoms with Crippen molar-refractivity contribution in [2.75, 3.05) is 18.1 Å². The predicted molar refractivity (Wildman–Crippen MR) is 86.5 cm³/mol. The number of hydrogen-bond acceptors (Lipinski definition) is 4. The fourth-order valence-electron chi connectivity index (χ4n) is 2.42. The summed E-state index contributed by atoms with van der Waals surface area (Å²) in [4.78, 5) is 23.6. The number of rotatable bonds is 5. The SMILES string of the molecule is Cc1ccc(C)c(OCC(=O)NC2(C(=O)O)CCSCC2)c1. The van der Waals surface area contributed by atoms with Gasteiger partial charge in [-0.05, 0) is 55.4 Å². The van der Waals surface area contributed by atoms with Crippen LogP contribution in [0.1, 0.15) is 24.0 Å². The molecule has 1 saturated heterocycles. The number of ether oxygens (including phenoxy) is 1. The molecule has 22 heavy (non-hydrogen) atoms. The van der Waals surface area contributed by atoms with Crippen LogP contribution in [0.2, 0.25) is 0 Å². The van der Waals surface area contributed by atoms with E-state index in [2.05, 4.69) is 5.32 Å². The fourth-order valence-corrected chi connectivity index (χ4v) is 3.61. The Labute approximate surface area is 134 Å². The van der Waals surface area contributed by atoms with E-state index in [1.54, 1.807) is 11.8 Å². The molecule has 5 nitrogen and oxygen atoms in total. The molecule has 1 aromatic carbocycles. The van der Waals surface area contributed by atoms with Crippen molar-refractivity contribution in [1.29, 1.82) is 0 Å². The van der Waals surface area contributed by atoms with Gasteiger partial charge in [0.05, 0.1) is 0 Å². The van der Waals surface area contributed by atoms with Crippen LogP contribution in [0.3, 0.4) is 0 Å². The molecule has 0 unspecified atom stereocenters. The van der Waals surface area contributed by atoms with Crippen LogP contribution < -0.4 is 10.1 Å². The molecule has 0 aromatic heterocycles. The summed E-state index contributed by atoms with van der Waals surface area (Å²) >= 11 is 1.71. The number of amides is 1. The van der Waals surface area contributed by atoms with Crippen molar-refractivity contribution in [3.05, 3.63) is 29.3 Å². The molecule has 1 amide bonds. The molecule has 6 heteroatoms. The average Bonchev–Trinajstić information content (AvgIpc) is 2.49. The number of aliphatic carboxylic acids is 1. The summed E-state index contributed by atoms with van der Waals surface area (Å²) in [7, 11) is 0. The number of carboxylic acids is 1. The summed E-state index contributed by atoms with van der Waals surface area (Å²) in [6, 6.07) is 5.77. The Morgan fingerprint density at radius 3 is 2.64 bits per heavy atom. The smallest absolute Gasteiger partial charge is 0.329 e. The van der Waals surface area contributed by atoms with Crippen LogP contribution in [0.4, 0.5) is 0 Å². The van der Waals surface area contributed by atoms with Crippen molar-refractivity contribution in [3.8, 4) is 5.75 Å². The first-order valence-electron chi connectivity index (χ1n) is 7.25. The highest BCUT2D eigenvalue weighted by Crippen LogP contribution is 2.27. The number of carbonyl (C=O) groups excluding carboxylic acids is 1. The largest absolute Gasteiger partial charge is 0.483 e. The van der Waals surface area contributed by atoms with E-state index in [1.807, 2.05) is 32.0 Å². The molecule has 1 heterocycles. The quantitative estimate of drug-likeness (QED) is 0.868. The van der Waals surface area contributed by atoms with E-state index in [0.717, 1.165) is 22.6 Å². The lowest BCUT2D eigenvalue weighted by molar-refractivity contribution is -0.148. The molecule has 2 N–H and O–H groups in total. The van der Waals surface area contributed by atoms with Gasteiger partial charge < -0.3 is 15.2 Å². The third kappa shape index (κ3) is 3.94. The standard InChI is InChI=1S/C16H21NO4S/c1-11-3-4-12(2)13(9-11)21-10-14(18)17-16(15(19)20)5-7-22-8-6-16/h3-4,9H,5-8,10H2,1-2H3,(H,17,18)(H,19,20). The van der Waals surface area contributed by atoms with Gasteiger partial charge in [0.15, 0.2) is 6.61 Å². The maximum Gasteiger partial charge on any atom is 0.329 e. The summed E-state index contributed by atoms with van der Waals surface area (Å²) in [6.45, 7) is 3.68. The summed E-state index contributed by atoms with van der Waals surface area (Å²) in [6.07, 6.45) is 0.893. The van der Waals surface area contributed by atoms with Crippen LogP contribution in [0.25, 0.3) is 0 Å². The van der Waals surface area contributed by atoms with Gasteiger partial charge in [-0.1, -0.05) is 12.1 Å². The topological polar surface area (TPSA) is 75.6 Å². The minimum absolute atomic E-state index is 0.174. The van der Waals surface area contributed by atoms with E-state index in [9.17, 15) is 14.7 Å². The maximum absolute atomic E-state index is 12.1. The highest BCUT2D eigenvalue weighted by molar-refractivity contribution is 7.99. The molecule has 2 rings (SSSR count). The number of benzene rings is 1. The van der Waals surface area contributed by atoms with E-state index in [-0.39, 0.29) is 6.61 Å². The Morgan fingerprint density at radius 2 is 2.00 bits per heavy atom. The Hall–Kier alpha value is -1.69. The van der Waals surface area contributed by atoms with Crippen molar-refractivity contribution in [3.63, 3.8) is 0 Å². The van der Waals surface area contributed by atoms with Gasteiger partial charge in [-0.2, -0.15) is 11.8 Å². The number of aryl methyl sites for hydroxylation is 2. The molecule has 0 spiro atoms. The maximum atomic E-state index is 12.1. The molecule has 1 aliphatic rings. The first kappa shape index (κ1) is 16.7. The van der Waals surface area contributed by atoms with Gasteiger partial charge in [0.1, 0.15) is 11.3 Å². The van der Waals surface area contributed by atoms with Crippen LogP contribution in [-0.4, -0.2) is 40.6 Å². The van der Waals surface area contributed by atoms with Gasteiger partial charge in [0.2, 0.25) is 0 Å². The molecule has 0 bridgehead atoms. The molecular formula is C16H21NO4S. The highest BCUT2D eigenvalue weighted by Gasteiger charge is 2.41. The number of nitrogens with one attached hydrogen (secondary N) is 1. The number of thioether (sulfide) groups is 1. The second kappa shape index (κ2) is 7.05. The molecule has 0 saturated carbocycles. The van der Waals surface area contributed by atoms with Gasteiger partial charge in [0.25, 0.3) is 5.91 Å². The minimum Gasteiger partial charge on any atom is -0.483 e. The van der Waals surface area contributed by atoms with Crippen LogP contribution in [0, 0.1) is 13.8 Å². The third-order valence-corrected chi connectivity index (χ3v) is 4.82. The van der Waals surface area contributed by atoms with Crippen LogP contribution in [0.5, 0.6) is 5.75 Å². The van der Waals surface area contributed by atoms with Crippen molar-refractivity contribution < 1.29 is 19.4 Å². The fraction of sp³-hybridized carbons (Fsp3) is 0.500. The highest BCUT2D eigenvalue weighted by atomic mass is 32.2. The van der Waals surface area contributed by atoms with E-state index >= 15 is 0 Å². The molecule has 0 radical (unpaired) electrons. The van der Waals surface area contributed by atoms with Crippen molar-refractivity contribution >= 4 is 23.6 Å². The first-order chi connectivity index (χ1) is 10.4. The molecule has 1 aromatic rings. The van der Waals surface area contributed by atoms with Crippen molar-refractivity contribution in [2.45, 2.75) is 32.2 Å². The molecule has 1 fully saturated rings. The molecule has 120 valence electrons. The lowest BCUT2D eigenvalue weighted by Gasteiger charge is -2.33. The summed E-state index contributed by atoms with van der Waals surface area (Å²) < 4.78 is 5.54. The minimum atomic E-state index is -1.15.